The molecule has 10 heteroatoms. The number of sulfonamides is 1. The molecule has 0 bridgehead atoms. The highest BCUT2D eigenvalue weighted by Crippen LogP contribution is 2.27. The fraction of sp³-hybridized carbons (Fsp3) is 0.643. The lowest BCUT2D eigenvalue weighted by Crippen LogP contribution is -2.43. The summed E-state index contributed by atoms with van der Waals surface area (Å²) in [6, 6.07) is 0. The van der Waals surface area contributed by atoms with Crippen molar-refractivity contribution in [3.63, 3.8) is 0 Å². The van der Waals surface area contributed by atoms with Crippen molar-refractivity contribution in [1.29, 1.82) is 0 Å². The van der Waals surface area contributed by atoms with Crippen molar-refractivity contribution in [1.82, 2.24) is 14.8 Å². The van der Waals surface area contributed by atoms with Gasteiger partial charge in [0.2, 0.25) is 15.9 Å². The van der Waals surface area contributed by atoms with Crippen molar-refractivity contribution in [2.45, 2.75) is 38.0 Å². The van der Waals surface area contributed by atoms with E-state index in [0.717, 1.165) is 0 Å². The molecule has 0 atom stereocenters. The Morgan fingerprint density at radius 1 is 1.33 bits per heavy atom. The van der Waals surface area contributed by atoms with E-state index in [1.54, 1.807) is 13.8 Å². The van der Waals surface area contributed by atoms with Gasteiger partial charge in [0.25, 0.3) is 0 Å². The number of nitrogens with zero attached hydrogens (tertiary/aromatic N) is 2. The van der Waals surface area contributed by atoms with Crippen LogP contribution in [0.3, 0.4) is 0 Å². The number of carboxylic acid groups (broad SMARTS) is 1. The fourth-order valence-corrected chi connectivity index (χ4v) is 4.53. The van der Waals surface area contributed by atoms with Crippen LogP contribution in [0.5, 0.6) is 0 Å². The number of carboxylic acids is 1. The molecular weight excluding hydrogens is 338 g/mol. The third-order valence-corrected chi connectivity index (χ3v) is 6.17. The standard InChI is InChI=1S/C14H21N3O6S/c1-9-13(10(2)23-16-9)24(21,22)17-7-4-11(5-8-17)14(20)15-6-3-12(18)19/h11H,3-8H2,1-2H3,(H,15,20)(H,18,19). The van der Waals surface area contributed by atoms with Crippen LogP contribution in [-0.2, 0) is 19.6 Å². The summed E-state index contributed by atoms with van der Waals surface area (Å²) in [5, 5.41) is 14.8. The van der Waals surface area contributed by atoms with Gasteiger partial charge in [-0.05, 0) is 26.7 Å². The van der Waals surface area contributed by atoms with Crippen LogP contribution in [0.25, 0.3) is 0 Å². The molecule has 1 aromatic heterocycles. The fourth-order valence-electron chi connectivity index (χ4n) is 2.77. The first kappa shape index (κ1) is 18.4. The van der Waals surface area contributed by atoms with E-state index in [1.807, 2.05) is 0 Å². The molecule has 1 saturated heterocycles. The van der Waals surface area contributed by atoms with Gasteiger partial charge in [-0.2, -0.15) is 4.31 Å². The Morgan fingerprint density at radius 2 is 1.96 bits per heavy atom. The molecule has 0 unspecified atom stereocenters. The highest BCUT2D eigenvalue weighted by atomic mass is 32.2. The Morgan fingerprint density at radius 3 is 2.46 bits per heavy atom. The van der Waals surface area contributed by atoms with E-state index in [2.05, 4.69) is 10.5 Å². The predicted octanol–water partition coefficient (Wildman–Crippen LogP) is 0.283. The molecule has 0 spiro atoms. The second kappa shape index (κ2) is 7.31. The summed E-state index contributed by atoms with van der Waals surface area (Å²) in [5.41, 5.74) is 0.320. The summed E-state index contributed by atoms with van der Waals surface area (Å²) in [7, 11) is -3.69. The number of carbonyl (C=O) groups is 2. The Kier molecular flexibility index (Phi) is 5.60. The van der Waals surface area contributed by atoms with Crippen molar-refractivity contribution in [3.05, 3.63) is 11.5 Å². The van der Waals surface area contributed by atoms with E-state index in [9.17, 15) is 18.0 Å². The van der Waals surface area contributed by atoms with Gasteiger partial charge in [0.15, 0.2) is 5.76 Å². The zero-order valence-corrected chi connectivity index (χ0v) is 14.4. The number of rotatable bonds is 6. The van der Waals surface area contributed by atoms with Crippen LogP contribution in [0.1, 0.15) is 30.7 Å². The molecule has 2 heterocycles. The van der Waals surface area contributed by atoms with E-state index in [0.29, 0.717) is 18.5 Å². The zero-order valence-electron chi connectivity index (χ0n) is 13.6. The Bertz CT molecular complexity index is 699. The van der Waals surface area contributed by atoms with E-state index >= 15 is 0 Å². The van der Waals surface area contributed by atoms with E-state index in [4.69, 9.17) is 9.63 Å². The summed E-state index contributed by atoms with van der Waals surface area (Å²) in [4.78, 5) is 22.5. The van der Waals surface area contributed by atoms with Crippen LogP contribution in [-0.4, -0.2) is 54.5 Å². The SMILES string of the molecule is Cc1noc(C)c1S(=O)(=O)N1CCC(C(=O)NCCC(=O)O)CC1. The van der Waals surface area contributed by atoms with Gasteiger partial charge in [-0.3, -0.25) is 9.59 Å². The number of piperidine rings is 1. The van der Waals surface area contributed by atoms with E-state index in [-0.39, 0.29) is 48.5 Å². The molecule has 9 nitrogen and oxygen atoms in total. The highest BCUT2D eigenvalue weighted by molar-refractivity contribution is 7.89. The quantitative estimate of drug-likeness (QED) is 0.746. The van der Waals surface area contributed by atoms with Gasteiger partial charge in [0.05, 0.1) is 6.42 Å². The van der Waals surface area contributed by atoms with Gasteiger partial charge in [0.1, 0.15) is 10.6 Å². The van der Waals surface area contributed by atoms with Crippen LogP contribution in [0.4, 0.5) is 0 Å². The smallest absolute Gasteiger partial charge is 0.305 e. The number of amides is 1. The van der Waals surface area contributed by atoms with Gasteiger partial charge < -0.3 is 14.9 Å². The molecule has 1 fully saturated rings. The Balaban J connectivity index is 1.95. The number of nitrogens with one attached hydrogen (secondary N) is 1. The zero-order chi connectivity index (χ0) is 17.9. The topological polar surface area (TPSA) is 130 Å². The van der Waals surface area contributed by atoms with Crippen LogP contribution in [0.15, 0.2) is 9.42 Å². The minimum Gasteiger partial charge on any atom is -0.481 e. The maximum atomic E-state index is 12.7. The predicted molar refractivity (Wildman–Crippen MR) is 82.7 cm³/mol. The summed E-state index contributed by atoms with van der Waals surface area (Å²) < 4.78 is 31.6. The van der Waals surface area contributed by atoms with Crippen LogP contribution in [0.2, 0.25) is 0 Å². The van der Waals surface area contributed by atoms with Gasteiger partial charge in [-0.25, -0.2) is 8.42 Å². The molecule has 134 valence electrons. The Labute approximate surface area is 140 Å². The first-order valence-corrected chi connectivity index (χ1v) is 9.10. The molecule has 1 aromatic rings. The summed E-state index contributed by atoms with van der Waals surface area (Å²) in [6.07, 6.45) is 0.647. The molecule has 1 amide bonds. The van der Waals surface area contributed by atoms with Crippen molar-refractivity contribution >= 4 is 21.9 Å². The molecule has 0 radical (unpaired) electrons. The van der Waals surface area contributed by atoms with Crippen molar-refractivity contribution in [2.75, 3.05) is 19.6 Å². The molecule has 2 N–H and O–H groups in total. The molecule has 0 aromatic carbocycles. The second-order valence-electron chi connectivity index (χ2n) is 5.77. The number of hydrogen-bond donors (Lipinski definition) is 2. The second-order valence-corrected chi connectivity index (χ2v) is 7.64. The average Bonchev–Trinajstić information content (AvgIpc) is 2.86. The maximum absolute atomic E-state index is 12.7. The number of hydrogen-bond acceptors (Lipinski definition) is 6. The molecule has 0 saturated carbocycles. The summed E-state index contributed by atoms with van der Waals surface area (Å²) >= 11 is 0. The summed E-state index contributed by atoms with van der Waals surface area (Å²) in [6.45, 7) is 3.65. The minimum atomic E-state index is -3.69. The van der Waals surface area contributed by atoms with E-state index < -0.39 is 16.0 Å². The van der Waals surface area contributed by atoms with Gasteiger partial charge in [0, 0.05) is 25.6 Å². The van der Waals surface area contributed by atoms with Gasteiger partial charge in [-0.1, -0.05) is 5.16 Å². The van der Waals surface area contributed by atoms with E-state index in [1.165, 1.54) is 4.31 Å². The largest absolute Gasteiger partial charge is 0.481 e. The van der Waals surface area contributed by atoms with Crippen molar-refractivity contribution < 1.29 is 27.6 Å². The van der Waals surface area contributed by atoms with Crippen LogP contribution < -0.4 is 5.32 Å². The van der Waals surface area contributed by atoms with Crippen molar-refractivity contribution in [3.8, 4) is 0 Å². The summed E-state index contributed by atoms with van der Waals surface area (Å²) in [5.74, 6) is -1.27. The number of carbonyl (C=O) groups excluding carboxylic acids is 1. The molecular formula is C14H21N3O6S. The van der Waals surface area contributed by atoms with Gasteiger partial charge in [-0.15, -0.1) is 0 Å². The first-order valence-electron chi connectivity index (χ1n) is 7.66. The van der Waals surface area contributed by atoms with Gasteiger partial charge >= 0.3 is 5.97 Å². The number of aliphatic carboxylic acids is 1. The minimum absolute atomic E-state index is 0.0752. The van der Waals surface area contributed by atoms with Crippen LogP contribution in [0, 0.1) is 19.8 Å². The molecule has 0 aliphatic carbocycles. The first-order chi connectivity index (χ1) is 11.2. The number of aryl methyl sites for hydroxylation is 2. The normalized spacial score (nSPS) is 16.9. The third kappa shape index (κ3) is 3.93. The third-order valence-electron chi connectivity index (χ3n) is 4.03. The molecule has 24 heavy (non-hydrogen) atoms. The molecule has 2 rings (SSSR count). The lowest BCUT2D eigenvalue weighted by molar-refractivity contribution is -0.137. The molecule has 1 aliphatic heterocycles. The number of aromatic nitrogens is 1. The van der Waals surface area contributed by atoms with Crippen molar-refractivity contribution in [2.24, 2.45) is 5.92 Å². The maximum Gasteiger partial charge on any atom is 0.305 e. The van der Waals surface area contributed by atoms with Crippen LogP contribution >= 0.6 is 0 Å². The molecule has 1 aliphatic rings. The highest BCUT2D eigenvalue weighted by Gasteiger charge is 2.35. The lowest BCUT2D eigenvalue weighted by atomic mass is 9.97. The average molecular weight is 359 g/mol. The monoisotopic (exact) mass is 359 g/mol. The Hall–Kier alpha value is -1.94. The lowest BCUT2D eigenvalue weighted by Gasteiger charge is -2.30.